The van der Waals surface area contributed by atoms with Crippen molar-refractivity contribution in [1.82, 2.24) is 5.32 Å². The van der Waals surface area contributed by atoms with Crippen LogP contribution >= 0.6 is 0 Å². The van der Waals surface area contributed by atoms with Crippen molar-refractivity contribution in [1.29, 1.82) is 0 Å². The first-order valence-electron chi connectivity index (χ1n) is 5.71. The number of rotatable bonds is 9. The third-order valence-corrected chi connectivity index (χ3v) is 2.29. The summed E-state index contributed by atoms with van der Waals surface area (Å²) in [5, 5.41) is 11.2. The maximum absolute atomic E-state index is 11.4. The molecule has 0 spiro atoms. The van der Waals surface area contributed by atoms with Crippen LogP contribution in [0.5, 0.6) is 0 Å². The molecule has 0 saturated carbocycles. The van der Waals surface area contributed by atoms with Gasteiger partial charge in [0.2, 0.25) is 11.8 Å². The molecule has 18 heavy (non-hydrogen) atoms. The molecule has 0 aromatic heterocycles. The molecule has 0 fully saturated rings. The van der Waals surface area contributed by atoms with E-state index in [1.165, 1.54) is 0 Å². The quantitative estimate of drug-likeness (QED) is 0.398. The molecular formula is C12H18N2O4. The summed E-state index contributed by atoms with van der Waals surface area (Å²) < 4.78 is 0. The fourth-order valence-electron chi connectivity index (χ4n) is 1.32. The number of hydrogen-bond donors (Lipinski definition) is 3. The minimum Gasteiger partial charge on any atom is -0.480 e. The number of carboxylic acid groups (broad SMARTS) is 1. The number of unbranched alkanes of at least 4 members (excludes halogenated alkanes) is 2. The lowest BCUT2D eigenvalue weighted by atomic mass is 10.1. The van der Waals surface area contributed by atoms with Gasteiger partial charge in [-0.25, -0.2) is 4.79 Å². The summed E-state index contributed by atoms with van der Waals surface area (Å²) in [6.45, 7) is 0. The van der Waals surface area contributed by atoms with Gasteiger partial charge in [-0.2, -0.15) is 0 Å². The van der Waals surface area contributed by atoms with Crippen LogP contribution in [0.2, 0.25) is 0 Å². The minimum atomic E-state index is -1.17. The number of nitrogens with one attached hydrogen (secondary N) is 1. The first-order chi connectivity index (χ1) is 8.47. The number of nitrogens with two attached hydrogens (primary N) is 1. The van der Waals surface area contributed by atoms with Gasteiger partial charge in [0.05, 0.1) is 0 Å². The van der Waals surface area contributed by atoms with E-state index in [1.807, 2.05) is 0 Å². The van der Waals surface area contributed by atoms with Gasteiger partial charge < -0.3 is 16.2 Å². The molecule has 0 aromatic rings. The Morgan fingerprint density at radius 1 is 1.28 bits per heavy atom. The average Bonchev–Trinajstić information content (AvgIpc) is 2.29. The topological polar surface area (TPSA) is 109 Å². The standard InChI is InChI=1S/C12H18N2O4/c1-2-3-4-5-6-11(16)14-9(12(17)18)7-8-10(13)15/h1,9H,3-8H2,(H2,13,15)(H,14,16)(H,17,18)/t9-/m0/s1. The van der Waals surface area contributed by atoms with Gasteiger partial charge in [-0.05, 0) is 19.3 Å². The van der Waals surface area contributed by atoms with Crippen molar-refractivity contribution in [2.75, 3.05) is 0 Å². The van der Waals surface area contributed by atoms with Gasteiger partial charge >= 0.3 is 5.97 Å². The molecule has 0 unspecified atom stereocenters. The van der Waals surface area contributed by atoms with Crippen molar-refractivity contribution < 1.29 is 19.5 Å². The third-order valence-electron chi connectivity index (χ3n) is 2.29. The molecule has 0 heterocycles. The van der Waals surface area contributed by atoms with Gasteiger partial charge in [0.25, 0.3) is 0 Å². The summed E-state index contributed by atoms with van der Waals surface area (Å²) in [6, 6.07) is -1.07. The Morgan fingerprint density at radius 3 is 2.44 bits per heavy atom. The van der Waals surface area contributed by atoms with Crippen LogP contribution in [0.15, 0.2) is 0 Å². The Morgan fingerprint density at radius 2 is 1.94 bits per heavy atom. The van der Waals surface area contributed by atoms with Crippen LogP contribution in [0, 0.1) is 12.3 Å². The number of carboxylic acids is 1. The van der Waals surface area contributed by atoms with E-state index in [0.29, 0.717) is 12.8 Å². The maximum Gasteiger partial charge on any atom is 0.326 e. The fraction of sp³-hybridized carbons (Fsp3) is 0.583. The summed E-state index contributed by atoms with van der Waals surface area (Å²) in [7, 11) is 0. The summed E-state index contributed by atoms with van der Waals surface area (Å²) in [6.07, 6.45) is 7.14. The highest BCUT2D eigenvalue weighted by molar-refractivity contribution is 5.84. The molecule has 0 saturated heterocycles. The zero-order valence-corrected chi connectivity index (χ0v) is 10.1. The highest BCUT2D eigenvalue weighted by atomic mass is 16.4. The van der Waals surface area contributed by atoms with E-state index in [1.54, 1.807) is 0 Å². The molecule has 6 nitrogen and oxygen atoms in total. The number of terminal acetylenes is 1. The van der Waals surface area contributed by atoms with E-state index in [9.17, 15) is 14.4 Å². The molecule has 4 N–H and O–H groups in total. The predicted octanol–water partition coefficient (Wildman–Crippen LogP) is 0.0149. The van der Waals surface area contributed by atoms with Gasteiger partial charge in [0, 0.05) is 19.3 Å². The second-order valence-electron chi connectivity index (χ2n) is 3.87. The highest BCUT2D eigenvalue weighted by Crippen LogP contribution is 2.02. The lowest BCUT2D eigenvalue weighted by Gasteiger charge is -2.13. The van der Waals surface area contributed by atoms with Crippen molar-refractivity contribution in [2.45, 2.75) is 44.6 Å². The predicted molar refractivity (Wildman–Crippen MR) is 65.3 cm³/mol. The first-order valence-corrected chi connectivity index (χ1v) is 5.71. The molecule has 0 aliphatic heterocycles. The first kappa shape index (κ1) is 16.0. The van der Waals surface area contributed by atoms with E-state index >= 15 is 0 Å². The molecule has 1 atom stereocenters. The molecule has 0 aliphatic carbocycles. The fourth-order valence-corrected chi connectivity index (χ4v) is 1.32. The average molecular weight is 254 g/mol. The Bertz CT molecular complexity index is 346. The van der Waals surface area contributed by atoms with Crippen LogP contribution in [0.4, 0.5) is 0 Å². The summed E-state index contributed by atoms with van der Waals surface area (Å²) >= 11 is 0. The van der Waals surface area contributed by atoms with Crippen LogP contribution in [-0.4, -0.2) is 28.9 Å². The number of primary amides is 1. The van der Waals surface area contributed by atoms with Crippen molar-refractivity contribution in [2.24, 2.45) is 5.73 Å². The van der Waals surface area contributed by atoms with Gasteiger partial charge in [-0.15, -0.1) is 12.3 Å². The molecule has 0 bridgehead atoms. The maximum atomic E-state index is 11.4. The van der Waals surface area contributed by atoms with Gasteiger partial charge in [-0.1, -0.05) is 0 Å². The Kier molecular flexibility index (Phi) is 8.03. The summed E-state index contributed by atoms with van der Waals surface area (Å²) in [4.78, 5) is 32.8. The van der Waals surface area contributed by atoms with E-state index in [0.717, 1.165) is 6.42 Å². The Balaban J connectivity index is 4.00. The normalized spacial score (nSPS) is 11.3. The van der Waals surface area contributed by atoms with Crippen LogP contribution in [-0.2, 0) is 14.4 Å². The summed E-state index contributed by atoms with van der Waals surface area (Å²) in [5.74, 6) is 0.333. The Hall–Kier alpha value is -2.03. The highest BCUT2D eigenvalue weighted by Gasteiger charge is 2.19. The number of carbonyl (C=O) groups excluding carboxylic acids is 2. The zero-order chi connectivity index (χ0) is 14.0. The largest absolute Gasteiger partial charge is 0.480 e. The van der Waals surface area contributed by atoms with E-state index in [-0.39, 0.29) is 25.2 Å². The second-order valence-corrected chi connectivity index (χ2v) is 3.87. The zero-order valence-electron chi connectivity index (χ0n) is 10.1. The third kappa shape index (κ3) is 8.16. The molecule has 0 aromatic carbocycles. The smallest absolute Gasteiger partial charge is 0.326 e. The molecule has 0 rings (SSSR count). The molecule has 6 heteroatoms. The monoisotopic (exact) mass is 254 g/mol. The number of amides is 2. The number of carbonyl (C=O) groups is 3. The van der Waals surface area contributed by atoms with Crippen molar-refractivity contribution >= 4 is 17.8 Å². The van der Waals surface area contributed by atoms with Crippen molar-refractivity contribution in [3.63, 3.8) is 0 Å². The van der Waals surface area contributed by atoms with E-state index in [4.69, 9.17) is 17.3 Å². The van der Waals surface area contributed by atoms with Crippen LogP contribution in [0.25, 0.3) is 0 Å². The van der Waals surface area contributed by atoms with E-state index < -0.39 is 17.9 Å². The number of hydrogen-bond acceptors (Lipinski definition) is 3. The molecular weight excluding hydrogens is 236 g/mol. The summed E-state index contributed by atoms with van der Waals surface area (Å²) in [5.41, 5.74) is 4.92. The van der Waals surface area contributed by atoms with Crippen molar-refractivity contribution in [3.05, 3.63) is 0 Å². The van der Waals surface area contributed by atoms with Gasteiger partial charge in [-0.3, -0.25) is 9.59 Å². The lowest BCUT2D eigenvalue weighted by molar-refractivity contribution is -0.142. The second kappa shape index (κ2) is 9.05. The van der Waals surface area contributed by atoms with Crippen molar-refractivity contribution in [3.8, 4) is 12.3 Å². The van der Waals surface area contributed by atoms with Crippen LogP contribution < -0.4 is 11.1 Å². The lowest BCUT2D eigenvalue weighted by Crippen LogP contribution is -2.41. The molecule has 2 amide bonds. The van der Waals surface area contributed by atoms with Gasteiger partial charge in [0.15, 0.2) is 0 Å². The molecule has 0 radical (unpaired) electrons. The number of aliphatic carboxylic acids is 1. The van der Waals surface area contributed by atoms with Crippen LogP contribution in [0.3, 0.4) is 0 Å². The SMILES string of the molecule is C#CCCCCC(=O)N[C@@H](CCC(N)=O)C(=O)O. The molecule has 100 valence electrons. The van der Waals surface area contributed by atoms with Gasteiger partial charge in [0.1, 0.15) is 6.04 Å². The molecule has 0 aliphatic rings. The Labute approximate surface area is 106 Å². The van der Waals surface area contributed by atoms with Crippen LogP contribution in [0.1, 0.15) is 38.5 Å². The van der Waals surface area contributed by atoms with E-state index in [2.05, 4.69) is 11.2 Å². The minimum absolute atomic E-state index is 0.000756.